The fourth-order valence-corrected chi connectivity index (χ4v) is 3.32. The van der Waals surface area contributed by atoms with E-state index in [1.807, 2.05) is 25.7 Å². The van der Waals surface area contributed by atoms with Crippen LogP contribution in [0.15, 0.2) is 18.2 Å². The van der Waals surface area contributed by atoms with Crippen molar-refractivity contribution in [3.63, 3.8) is 0 Å². The molecule has 1 aliphatic heterocycles. The summed E-state index contributed by atoms with van der Waals surface area (Å²) in [4.78, 5) is 16.5. The molecule has 0 aliphatic carbocycles. The molecule has 0 N–H and O–H groups in total. The molecule has 1 aliphatic rings. The van der Waals surface area contributed by atoms with Gasteiger partial charge in [0.15, 0.2) is 0 Å². The molecule has 158 valence electrons. The van der Waals surface area contributed by atoms with Crippen molar-refractivity contribution in [1.82, 2.24) is 9.80 Å². The predicted molar refractivity (Wildman–Crippen MR) is 117 cm³/mol. The SMILES string of the molecule is CC(C)(C)OC(=O)N1CCN(Cc2cc(C(C)(C)C)cc(C(C)(C)C)c2)CC1. The molecule has 0 spiro atoms. The topological polar surface area (TPSA) is 32.8 Å². The Kier molecular flexibility index (Phi) is 6.54. The molecule has 0 bridgehead atoms. The zero-order chi connectivity index (χ0) is 21.3. The van der Waals surface area contributed by atoms with Crippen LogP contribution in [0.25, 0.3) is 0 Å². The van der Waals surface area contributed by atoms with Crippen molar-refractivity contribution < 1.29 is 9.53 Å². The Balaban J connectivity index is 2.07. The molecule has 1 aromatic rings. The van der Waals surface area contributed by atoms with Crippen LogP contribution in [0.5, 0.6) is 0 Å². The van der Waals surface area contributed by atoms with Crippen molar-refractivity contribution in [1.29, 1.82) is 0 Å². The van der Waals surface area contributed by atoms with E-state index in [1.165, 1.54) is 16.7 Å². The van der Waals surface area contributed by atoms with E-state index in [1.54, 1.807) is 0 Å². The van der Waals surface area contributed by atoms with Gasteiger partial charge >= 0.3 is 6.09 Å². The minimum atomic E-state index is -0.440. The first-order valence-corrected chi connectivity index (χ1v) is 10.5. The Morgan fingerprint density at radius 3 is 1.68 bits per heavy atom. The fourth-order valence-electron chi connectivity index (χ4n) is 3.32. The molecule has 1 amide bonds. The fraction of sp³-hybridized carbons (Fsp3) is 0.708. The summed E-state index contributed by atoms with van der Waals surface area (Å²) in [5.74, 6) is 0. The molecule has 1 aromatic carbocycles. The summed E-state index contributed by atoms with van der Waals surface area (Å²) < 4.78 is 5.51. The van der Waals surface area contributed by atoms with Crippen molar-refractivity contribution in [2.75, 3.05) is 26.2 Å². The minimum absolute atomic E-state index is 0.130. The lowest BCUT2D eigenvalue weighted by atomic mass is 9.79. The minimum Gasteiger partial charge on any atom is -0.444 e. The van der Waals surface area contributed by atoms with Crippen molar-refractivity contribution in [3.05, 3.63) is 34.9 Å². The van der Waals surface area contributed by atoms with E-state index >= 15 is 0 Å². The van der Waals surface area contributed by atoms with E-state index in [2.05, 4.69) is 64.6 Å². The molecule has 0 radical (unpaired) electrons. The molecule has 4 heteroatoms. The quantitative estimate of drug-likeness (QED) is 0.686. The molecule has 28 heavy (non-hydrogen) atoms. The third-order valence-electron chi connectivity index (χ3n) is 5.16. The Labute approximate surface area is 172 Å². The lowest BCUT2D eigenvalue weighted by Crippen LogP contribution is -2.49. The molecule has 0 atom stereocenters. The highest BCUT2D eigenvalue weighted by Gasteiger charge is 2.26. The lowest BCUT2D eigenvalue weighted by molar-refractivity contribution is 0.0139. The number of ether oxygens (including phenoxy) is 1. The third-order valence-corrected chi connectivity index (χ3v) is 5.16. The molecule has 0 unspecified atom stereocenters. The number of hydrogen-bond donors (Lipinski definition) is 0. The Morgan fingerprint density at radius 1 is 0.821 bits per heavy atom. The Bertz CT molecular complexity index is 650. The maximum Gasteiger partial charge on any atom is 0.410 e. The maximum absolute atomic E-state index is 12.3. The zero-order valence-electron chi connectivity index (χ0n) is 19.5. The maximum atomic E-state index is 12.3. The average molecular weight is 389 g/mol. The number of nitrogens with zero attached hydrogens (tertiary/aromatic N) is 2. The summed E-state index contributed by atoms with van der Waals surface area (Å²) in [6, 6.07) is 7.08. The number of carbonyl (C=O) groups excluding carboxylic acids is 1. The van der Waals surface area contributed by atoms with Gasteiger partial charge in [-0.25, -0.2) is 4.79 Å². The van der Waals surface area contributed by atoms with Gasteiger partial charge in [-0.2, -0.15) is 0 Å². The van der Waals surface area contributed by atoms with Crippen molar-refractivity contribution >= 4 is 6.09 Å². The van der Waals surface area contributed by atoms with Crippen LogP contribution in [0.4, 0.5) is 4.79 Å². The van der Waals surface area contributed by atoms with Gasteiger partial charge in [-0.1, -0.05) is 59.7 Å². The molecule has 1 heterocycles. The highest BCUT2D eigenvalue weighted by molar-refractivity contribution is 5.68. The number of piperazine rings is 1. The monoisotopic (exact) mass is 388 g/mol. The smallest absolute Gasteiger partial charge is 0.410 e. The van der Waals surface area contributed by atoms with Gasteiger partial charge in [-0.15, -0.1) is 0 Å². The number of hydrogen-bond acceptors (Lipinski definition) is 3. The Hall–Kier alpha value is -1.55. The van der Waals surface area contributed by atoms with Crippen molar-refractivity contribution in [2.24, 2.45) is 0 Å². The van der Waals surface area contributed by atoms with Gasteiger partial charge in [-0.3, -0.25) is 4.90 Å². The van der Waals surface area contributed by atoms with Crippen LogP contribution in [-0.2, 0) is 22.1 Å². The number of benzene rings is 1. The van der Waals surface area contributed by atoms with E-state index in [-0.39, 0.29) is 16.9 Å². The number of rotatable bonds is 2. The summed E-state index contributed by atoms with van der Waals surface area (Å²) >= 11 is 0. The van der Waals surface area contributed by atoms with Gasteiger partial charge in [0.05, 0.1) is 0 Å². The molecule has 0 saturated carbocycles. The van der Waals surface area contributed by atoms with E-state index < -0.39 is 5.60 Å². The van der Waals surface area contributed by atoms with E-state index in [4.69, 9.17) is 4.74 Å². The van der Waals surface area contributed by atoms with E-state index in [0.29, 0.717) is 0 Å². The average Bonchev–Trinajstić information content (AvgIpc) is 2.52. The zero-order valence-corrected chi connectivity index (χ0v) is 19.5. The van der Waals surface area contributed by atoms with E-state index in [0.717, 1.165) is 32.7 Å². The van der Waals surface area contributed by atoms with Gasteiger partial charge in [0.2, 0.25) is 0 Å². The van der Waals surface area contributed by atoms with Gasteiger partial charge in [0.25, 0.3) is 0 Å². The van der Waals surface area contributed by atoms with Gasteiger partial charge in [-0.05, 0) is 48.3 Å². The molecule has 2 rings (SSSR count). The highest BCUT2D eigenvalue weighted by atomic mass is 16.6. The van der Waals surface area contributed by atoms with E-state index in [9.17, 15) is 4.79 Å². The molecule has 0 aromatic heterocycles. The summed E-state index contributed by atoms with van der Waals surface area (Å²) in [5, 5.41) is 0. The molecule has 4 nitrogen and oxygen atoms in total. The lowest BCUT2D eigenvalue weighted by Gasteiger charge is -2.36. The number of amides is 1. The third kappa shape index (κ3) is 6.51. The van der Waals surface area contributed by atoms with Crippen LogP contribution in [0, 0.1) is 0 Å². The first-order valence-electron chi connectivity index (χ1n) is 10.5. The predicted octanol–water partition coefficient (Wildman–Crippen LogP) is 5.33. The second-order valence-corrected chi connectivity index (χ2v) is 11.2. The standard InChI is InChI=1S/C24H40N2O2/c1-22(2,3)19-14-18(15-20(16-19)23(4,5)6)17-25-10-12-26(13-11-25)21(27)28-24(7,8)9/h14-16H,10-13,17H2,1-9H3. The first kappa shape index (κ1) is 22.7. The highest BCUT2D eigenvalue weighted by Crippen LogP contribution is 2.30. The molecule has 1 fully saturated rings. The van der Waals surface area contributed by atoms with Crippen LogP contribution in [-0.4, -0.2) is 47.7 Å². The summed E-state index contributed by atoms with van der Waals surface area (Å²) in [5.41, 5.74) is 3.97. The molecular weight excluding hydrogens is 348 g/mol. The van der Waals surface area contributed by atoms with Crippen molar-refractivity contribution in [2.45, 2.75) is 85.3 Å². The second kappa shape index (κ2) is 8.06. The van der Waals surface area contributed by atoms with Gasteiger partial charge in [0.1, 0.15) is 5.60 Å². The van der Waals surface area contributed by atoms with Crippen LogP contribution < -0.4 is 0 Å². The van der Waals surface area contributed by atoms with Crippen molar-refractivity contribution in [3.8, 4) is 0 Å². The Morgan fingerprint density at radius 2 is 1.29 bits per heavy atom. The normalized spacial score (nSPS) is 17.0. The summed E-state index contributed by atoms with van der Waals surface area (Å²) in [6.45, 7) is 23.5. The van der Waals surface area contributed by atoms with Crippen LogP contribution in [0.2, 0.25) is 0 Å². The molecule has 1 saturated heterocycles. The van der Waals surface area contributed by atoms with Crippen LogP contribution in [0.1, 0.15) is 79.0 Å². The molecular formula is C24H40N2O2. The summed E-state index contributed by atoms with van der Waals surface area (Å²) in [6.07, 6.45) is -0.197. The largest absolute Gasteiger partial charge is 0.444 e. The first-order chi connectivity index (χ1) is 12.6. The van der Waals surface area contributed by atoms with Gasteiger partial charge < -0.3 is 9.64 Å². The second-order valence-electron chi connectivity index (χ2n) is 11.2. The van der Waals surface area contributed by atoms with Crippen LogP contribution in [0.3, 0.4) is 0 Å². The van der Waals surface area contributed by atoms with Gasteiger partial charge in [0, 0.05) is 32.7 Å². The summed E-state index contributed by atoms with van der Waals surface area (Å²) in [7, 11) is 0. The van der Waals surface area contributed by atoms with Crippen LogP contribution >= 0.6 is 0 Å². The number of carbonyl (C=O) groups is 1.